The Hall–Kier alpha value is -2.58. The van der Waals surface area contributed by atoms with Crippen molar-refractivity contribution >= 4 is 41.0 Å². The Morgan fingerprint density at radius 3 is 2.58 bits per heavy atom. The number of carbonyl (C=O) groups excluding carboxylic acids is 3. The lowest BCUT2D eigenvalue weighted by atomic mass is 10.2. The molecule has 0 fully saturated rings. The van der Waals surface area contributed by atoms with Crippen LogP contribution >= 0.6 is 23.2 Å². The summed E-state index contributed by atoms with van der Waals surface area (Å²) in [4.78, 5) is 35.2. The summed E-state index contributed by atoms with van der Waals surface area (Å²) in [6.07, 6.45) is 0. The third kappa shape index (κ3) is 6.05. The zero-order chi connectivity index (χ0) is 19.1. The number of amides is 2. The van der Waals surface area contributed by atoms with Crippen LogP contribution in [0.4, 0.5) is 0 Å². The number of aryl methyl sites for hydroxylation is 1. The van der Waals surface area contributed by atoms with E-state index >= 15 is 0 Å². The summed E-state index contributed by atoms with van der Waals surface area (Å²) in [5.41, 5.74) is 0.653. The fraction of sp³-hybridized carbons (Fsp3) is 0.250. The van der Waals surface area contributed by atoms with E-state index in [0.717, 1.165) is 0 Å². The molecule has 0 radical (unpaired) electrons. The monoisotopic (exact) mass is 399 g/mol. The number of esters is 1. The average molecular weight is 400 g/mol. The standard InChI is InChI=1S/C16H15Cl2N3O5/c1-9-4-11(21-26-9)8-25-15(23)7-19-14(22)6-20-16(24)12-3-2-10(17)5-13(12)18/h2-5H,6-8H2,1H3,(H,19,22)(H,20,24). The van der Waals surface area contributed by atoms with Gasteiger partial charge in [0.1, 0.15) is 24.6 Å². The van der Waals surface area contributed by atoms with Crippen molar-refractivity contribution in [2.45, 2.75) is 13.5 Å². The fourth-order valence-electron chi connectivity index (χ4n) is 1.85. The molecule has 0 aliphatic carbocycles. The van der Waals surface area contributed by atoms with Crippen LogP contribution in [-0.2, 0) is 20.9 Å². The predicted octanol–water partition coefficient (Wildman–Crippen LogP) is 1.88. The van der Waals surface area contributed by atoms with Crippen LogP contribution in [0.15, 0.2) is 28.8 Å². The van der Waals surface area contributed by atoms with E-state index in [-0.39, 0.29) is 30.3 Å². The molecule has 0 bridgehead atoms. The molecule has 1 heterocycles. The minimum Gasteiger partial charge on any atom is -0.458 e. The number of halogens is 2. The van der Waals surface area contributed by atoms with Gasteiger partial charge in [-0.15, -0.1) is 0 Å². The number of hydrogen-bond acceptors (Lipinski definition) is 6. The molecule has 2 amide bonds. The number of benzene rings is 1. The summed E-state index contributed by atoms with van der Waals surface area (Å²) in [5.74, 6) is -1.14. The Labute approximate surface area is 158 Å². The molecule has 26 heavy (non-hydrogen) atoms. The van der Waals surface area contributed by atoms with Gasteiger partial charge < -0.3 is 19.9 Å². The van der Waals surface area contributed by atoms with E-state index in [9.17, 15) is 14.4 Å². The Balaban J connectivity index is 1.69. The van der Waals surface area contributed by atoms with Crippen LogP contribution < -0.4 is 10.6 Å². The smallest absolute Gasteiger partial charge is 0.325 e. The van der Waals surface area contributed by atoms with Crippen molar-refractivity contribution in [2.75, 3.05) is 13.1 Å². The summed E-state index contributed by atoms with van der Waals surface area (Å²) >= 11 is 11.7. The summed E-state index contributed by atoms with van der Waals surface area (Å²) in [5, 5.41) is 8.95. The SMILES string of the molecule is Cc1cc(COC(=O)CNC(=O)CNC(=O)c2ccc(Cl)cc2Cl)no1. The number of carbonyl (C=O) groups is 3. The Morgan fingerprint density at radius 2 is 1.92 bits per heavy atom. The average Bonchev–Trinajstić information content (AvgIpc) is 3.01. The third-order valence-electron chi connectivity index (χ3n) is 3.07. The van der Waals surface area contributed by atoms with Crippen molar-refractivity contribution in [2.24, 2.45) is 0 Å². The number of aromatic nitrogens is 1. The maximum Gasteiger partial charge on any atom is 0.325 e. The first-order valence-corrected chi connectivity index (χ1v) is 8.18. The van der Waals surface area contributed by atoms with E-state index in [1.54, 1.807) is 13.0 Å². The molecular formula is C16H15Cl2N3O5. The van der Waals surface area contributed by atoms with E-state index in [1.807, 2.05) is 0 Å². The molecule has 0 aliphatic rings. The first-order chi connectivity index (χ1) is 12.3. The lowest BCUT2D eigenvalue weighted by Gasteiger charge is -2.08. The van der Waals surface area contributed by atoms with Gasteiger partial charge in [0, 0.05) is 11.1 Å². The minimum atomic E-state index is -0.647. The van der Waals surface area contributed by atoms with Crippen LogP contribution in [0.2, 0.25) is 10.0 Å². The number of nitrogens with one attached hydrogen (secondary N) is 2. The Kier molecular flexibility index (Phi) is 6.99. The van der Waals surface area contributed by atoms with Crippen molar-refractivity contribution in [3.63, 3.8) is 0 Å². The van der Waals surface area contributed by atoms with Gasteiger partial charge in [0.2, 0.25) is 5.91 Å². The number of ether oxygens (including phenoxy) is 1. The second kappa shape index (κ2) is 9.21. The molecule has 0 unspecified atom stereocenters. The van der Waals surface area contributed by atoms with Gasteiger partial charge in [0.25, 0.3) is 5.91 Å². The van der Waals surface area contributed by atoms with Gasteiger partial charge in [-0.2, -0.15) is 0 Å². The van der Waals surface area contributed by atoms with Crippen LogP contribution in [-0.4, -0.2) is 36.0 Å². The van der Waals surface area contributed by atoms with Crippen LogP contribution in [0.3, 0.4) is 0 Å². The summed E-state index contributed by atoms with van der Waals surface area (Å²) in [7, 11) is 0. The minimum absolute atomic E-state index is 0.0577. The highest BCUT2D eigenvalue weighted by Crippen LogP contribution is 2.20. The highest BCUT2D eigenvalue weighted by atomic mass is 35.5. The van der Waals surface area contributed by atoms with Crippen LogP contribution in [0.25, 0.3) is 0 Å². The van der Waals surface area contributed by atoms with Gasteiger partial charge in [0.05, 0.1) is 17.1 Å². The van der Waals surface area contributed by atoms with Crippen molar-refractivity contribution < 1.29 is 23.6 Å². The largest absolute Gasteiger partial charge is 0.458 e. The molecule has 10 heteroatoms. The lowest BCUT2D eigenvalue weighted by Crippen LogP contribution is -2.39. The second-order valence-corrected chi connectivity index (χ2v) is 6.02. The van der Waals surface area contributed by atoms with Crippen LogP contribution in [0, 0.1) is 6.92 Å². The molecule has 0 spiro atoms. The maximum atomic E-state index is 12.0. The van der Waals surface area contributed by atoms with E-state index in [4.69, 9.17) is 32.5 Å². The predicted molar refractivity (Wildman–Crippen MR) is 92.8 cm³/mol. The molecule has 0 aliphatic heterocycles. The van der Waals surface area contributed by atoms with Crippen LogP contribution in [0.5, 0.6) is 0 Å². The third-order valence-corrected chi connectivity index (χ3v) is 3.62. The van der Waals surface area contributed by atoms with Gasteiger partial charge in [-0.3, -0.25) is 14.4 Å². The van der Waals surface area contributed by atoms with Gasteiger partial charge >= 0.3 is 5.97 Å². The summed E-state index contributed by atoms with van der Waals surface area (Å²) in [6, 6.07) is 6.00. The number of rotatable bonds is 7. The van der Waals surface area contributed by atoms with E-state index in [0.29, 0.717) is 16.5 Å². The Morgan fingerprint density at radius 1 is 1.15 bits per heavy atom. The highest BCUT2D eigenvalue weighted by molar-refractivity contribution is 6.36. The molecule has 1 aromatic carbocycles. The van der Waals surface area contributed by atoms with Crippen molar-refractivity contribution in [1.82, 2.24) is 15.8 Å². The molecule has 1 aromatic heterocycles. The van der Waals surface area contributed by atoms with Crippen LogP contribution in [0.1, 0.15) is 21.8 Å². The molecule has 138 valence electrons. The van der Waals surface area contributed by atoms with Crippen molar-refractivity contribution in [1.29, 1.82) is 0 Å². The Bertz CT molecular complexity index is 822. The summed E-state index contributed by atoms with van der Waals surface area (Å²) in [6.45, 7) is 0.989. The first kappa shape index (κ1) is 19.7. The number of hydrogen-bond donors (Lipinski definition) is 2. The van der Waals surface area contributed by atoms with Gasteiger partial charge in [-0.25, -0.2) is 0 Å². The zero-order valence-electron chi connectivity index (χ0n) is 13.7. The topological polar surface area (TPSA) is 111 Å². The highest BCUT2D eigenvalue weighted by Gasteiger charge is 2.13. The second-order valence-electron chi connectivity index (χ2n) is 5.17. The summed E-state index contributed by atoms with van der Waals surface area (Å²) < 4.78 is 9.75. The maximum absolute atomic E-state index is 12.0. The molecule has 2 rings (SSSR count). The van der Waals surface area contributed by atoms with E-state index in [1.165, 1.54) is 18.2 Å². The molecule has 2 aromatic rings. The van der Waals surface area contributed by atoms with E-state index < -0.39 is 17.8 Å². The van der Waals surface area contributed by atoms with E-state index in [2.05, 4.69) is 15.8 Å². The quantitative estimate of drug-likeness (QED) is 0.687. The zero-order valence-corrected chi connectivity index (χ0v) is 15.2. The first-order valence-electron chi connectivity index (χ1n) is 7.43. The molecule has 2 N–H and O–H groups in total. The molecule has 0 saturated carbocycles. The molecule has 0 atom stereocenters. The molecular weight excluding hydrogens is 385 g/mol. The lowest BCUT2D eigenvalue weighted by molar-refractivity contribution is -0.145. The van der Waals surface area contributed by atoms with Crippen molar-refractivity contribution in [3.8, 4) is 0 Å². The van der Waals surface area contributed by atoms with Crippen molar-refractivity contribution in [3.05, 3.63) is 51.3 Å². The molecule has 8 nitrogen and oxygen atoms in total. The molecule has 0 saturated heterocycles. The van der Waals surface area contributed by atoms with Gasteiger partial charge in [-0.1, -0.05) is 28.4 Å². The van der Waals surface area contributed by atoms with Gasteiger partial charge in [-0.05, 0) is 25.1 Å². The fourth-order valence-corrected chi connectivity index (χ4v) is 2.35. The normalized spacial score (nSPS) is 10.3. The number of nitrogens with zero attached hydrogens (tertiary/aromatic N) is 1. The van der Waals surface area contributed by atoms with Gasteiger partial charge in [0.15, 0.2) is 0 Å².